The molecular weight excluding hydrogens is 352 g/mol. The normalized spacial score (nSPS) is 11.0. The van der Waals surface area contributed by atoms with E-state index in [0.717, 1.165) is 40.8 Å². The fourth-order valence-electron chi connectivity index (χ4n) is 2.96. The molecule has 0 fully saturated rings. The van der Waals surface area contributed by atoms with Gasteiger partial charge in [-0.25, -0.2) is 9.97 Å². The molecule has 28 heavy (non-hydrogen) atoms. The Kier molecular flexibility index (Phi) is 6.63. The van der Waals surface area contributed by atoms with Crippen molar-refractivity contribution >= 4 is 16.7 Å². The van der Waals surface area contributed by atoms with Gasteiger partial charge in [-0.3, -0.25) is 0 Å². The predicted octanol–water partition coefficient (Wildman–Crippen LogP) is 4.95. The highest BCUT2D eigenvalue weighted by atomic mass is 16.5. The predicted molar refractivity (Wildman–Crippen MR) is 113 cm³/mol. The van der Waals surface area contributed by atoms with Gasteiger partial charge in [0.05, 0.1) is 18.7 Å². The van der Waals surface area contributed by atoms with Gasteiger partial charge in [-0.05, 0) is 49.9 Å². The van der Waals surface area contributed by atoms with Gasteiger partial charge in [0.15, 0.2) is 0 Å². The van der Waals surface area contributed by atoms with Crippen molar-refractivity contribution in [1.82, 2.24) is 15.0 Å². The molecule has 0 unspecified atom stereocenters. The van der Waals surface area contributed by atoms with Crippen LogP contribution in [0, 0.1) is 5.92 Å². The third-order valence-corrected chi connectivity index (χ3v) is 4.37. The van der Waals surface area contributed by atoms with Crippen LogP contribution in [0.15, 0.2) is 36.7 Å². The third-order valence-electron chi connectivity index (χ3n) is 4.37. The van der Waals surface area contributed by atoms with Gasteiger partial charge in [-0.2, -0.15) is 4.98 Å². The lowest BCUT2D eigenvalue weighted by Gasteiger charge is -2.13. The lowest BCUT2D eigenvalue weighted by Crippen LogP contribution is -2.07. The Hall–Kier alpha value is -2.89. The van der Waals surface area contributed by atoms with E-state index < -0.39 is 0 Å². The summed E-state index contributed by atoms with van der Waals surface area (Å²) < 4.78 is 11.3. The molecule has 0 amide bonds. The molecule has 1 aromatic carbocycles. The van der Waals surface area contributed by atoms with Crippen molar-refractivity contribution in [2.75, 3.05) is 25.1 Å². The number of rotatable bonds is 9. The number of hydrogen-bond acceptors (Lipinski definition) is 6. The van der Waals surface area contributed by atoms with Crippen LogP contribution in [-0.2, 0) is 0 Å². The molecule has 0 aliphatic heterocycles. The molecule has 0 spiro atoms. The summed E-state index contributed by atoms with van der Waals surface area (Å²) >= 11 is 0. The average Bonchev–Trinajstić information content (AvgIpc) is 2.68. The van der Waals surface area contributed by atoms with Gasteiger partial charge in [-0.15, -0.1) is 0 Å². The summed E-state index contributed by atoms with van der Waals surface area (Å²) in [6.07, 6.45) is 2.69. The number of nitrogens with zero attached hydrogens (tertiary/aromatic N) is 3. The van der Waals surface area contributed by atoms with Crippen LogP contribution in [0.1, 0.15) is 34.1 Å². The number of aromatic nitrogens is 3. The average molecular weight is 380 g/mol. The number of benzene rings is 1. The summed E-state index contributed by atoms with van der Waals surface area (Å²) in [5.41, 5.74) is 2.83. The highest BCUT2D eigenvalue weighted by Crippen LogP contribution is 2.33. The maximum absolute atomic E-state index is 5.77. The van der Waals surface area contributed by atoms with Crippen LogP contribution in [0.5, 0.6) is 11.8 Å². The zero-order chi connectivity index (χ0) is 19.9. The van der Waals surface area contributed by atoms with Gasteiger partial charge in [0, 0.05) is 23.6 Å². The molecule has 6 nitrogen and oxygen atoms in total. The second-order valence-electron chi connectivity index (χ2n) is 6.93. The Morgan fingerprint density at radius 3 is 2.57 bits per heavy atom. The van der Waals surface area contributed by atoms with Crippen LogP contribution in [0.2, 0.25) is 0 Å². The minimum atomic E-state index is 0.536. The molecule has 6 heteroatoms. The Bertz CT molecular complexity index is 928. The van der Waals surface area contributed by atoms with Crippen LogP contribution in [-0.4, -0.2) is 34.7 Å². The second kappa shape index (κ2) is 9.35. The van der Waals surface area contributed by atoms with Crippen molar-refractivity contribution in [3.8, 4) is 22.9 Å². The Morgan fingerprint density at radius 1 is 1.00 bits per heavy atom. The van der Waals surface area contributed by atoms with Crippen molar-refractivity contribution in [3.63, 3.8) is 0 Å². The third kappa shape index (κ3) is 4.68. The fourth-order valence-corrected chi connectivity index (χ4v) is 2.96. The molecule has 148 valence electrons. The smallest absolute Gasteiger partial charge is 0.224 e. The Balaban J connectivity index is 1.99. The van der Waals surface area contributed by atoms with E-state index in [4.69, 9.17) is 9.47 Å². The van der Waals surface area contributed by atoms with Crippen molar-refractivity contribution < 1.29 is 9.47 Å². The van der Waals surface area contributed by atoms with E-state index in [2.05, 4.69) is 40.2 Å². The largest absolute Gasteiger partial charge is 0.478 e. The maximum Gasteiger partial charge on any atom is 0.224 e. The zero-order valence-corrected chi connectivity index (χ0v) is 17.0. The van der Waals surface area contributed by atoms with Crippen LogP contribution in [0.25, 0.3) is 22.0 Å². The highest BCUT2D eigenvalue weighted by Gasteiger charge is 2.12. The first-order chi connectivity index (χ1) is 13.6. The van der Waals surface area contributed by atoms with E-state index in [1.807, 2.05) is 38.1 Å². The minimum absolute atomic E-state index is 0.536. The van der Waals surface area contributed by atoms with E-state index in [0.29, 0.717) is 30.9 Å². The van der Waals surface area contributed by atoms with Crippen molar-refractivity contribution in [3.05, 3.63) is 36.7 Å². The lowest BCUT2D eigenvalue weighted by molar-refractivity contribution is 0.300. The van der Waals surface area contributed by atoms with Crippen molar-refractivity contribution in [2.45, 2.75) is 34.1 Å². The second-order valence-corrected chi connectivity index (χ2v) is 6.93. The van der Waals surface area contributed by atoms with Gasteiger partial charge in [0.1, 0.15) is 12.1 Å². The number of pyridine rings is 1. The van der Waals surface area contributed by atoms with E-state index in [1.54, 1.807) is 6.33 Å². The zero-order valence-electron chi connectivity index (χ0n) is 17.0. The monoisotopic (exact) mass is 380 g/mol. The van der Waals surface area contributed by atoms with Gasteiger partial charge >= 0.3 is 0 Å². The topological polar surface area (TPSA) is 69.2 Å². The molecular formula is C22H28N4O2. The first kappa shape index (κ1) is 19.9. The van der Waals surface area contributed by atoms with Crippen LogP contribution < -0.4 is 14.8 Å². The molecule has 0 radical (unpaired) electrons. The molecule has 0 saturated heterocycles. The van der Waals surface area contributed by atoms with Gasteiger partial charge in [0.25, 0.3) is 0 Å². The van der Waals surface area contributed by atoms with E-state index in [9.17, 15) is 0 Å². The van der Waals surface area contributed by atoms with E-state index in [1.165, 1.54) is 0 Å². The number of ether oxygens (including phenoxy) is 2. The summed E-state index contributed by atoms with van der Waals surface area (Å²) in [5.74, 6) is 2.62. The van der Waals surface area contributed by atoms with Gasteiger partial charge < -0.3 is 14.8 Å². The molecule has 0 aliphatic carbocycles. The summed E-state index contributed by atoms with van der Waals surface area (Å²) in [4.78, 5) is 13.4. The van der Waals surface area contributed by atoms with Crippen molar-refractivity contribution in [1.29, 1.82) is 0 Å². The summed E-state index contributed by atoms with van der Waals surface area (Å²) in [6.45, 7) is 10.3. The SMILES string of the molecule is CCOc1ccc(-c2ccc3ncnc(NCCC(C)C)c3c2)c(OCC)n1. The molecule has 1 N–H and O–H groups in total. The first-order valence-electron chi connectivity index (χ1n) is 9.88. The lowest BCUT2D eigenvalue weighted by atomic mass is 10.0. The van der Waals surface area contributed by atoms with E-state index >= 15 is 0 Å². The summed E-state index contributed by atoms with van der Waals surface area (Å²) in [5, 5.41) is 4.43. The molecule has 3 aromatic rings. The Morgan fingerprint density at radius 2 is 1.82 bits per heavy atom. The number of fused-ring (bicyclic) bond motifs is 1. The van der Waals surface area contributed by atoms with Gasteiger partial charge in [0.2, 0.25) is 11.8 Å². The highest BCUT2D eigenvalue weighted by molar-refractivity contribution is 5.93. The first-order valence-corrected chi connectivity index (χ1v) is 9.88. The molecule has 3 rings (SSSR count). The number of anilines is 1. The number of nitrogens with one attached hydrogen (secondary N) is 1. The molecule has 0 bridgehead atoms. The van der Waals surface area contributed by atoms with Gasteiger partial charge in [-0.1, -0.05) is 19.9 Å². The maximum atomic E-state index is 5.77. The molecule has 2 heterocycles. The van der Waals surface area contributed by atoms with Crippen molar-refractivity contribution in [2.24, 2.45) is 5.92 Å². The Labute approximate surface area is 166 Å². The molecule has 0 saturated carbocycles. The van der Waals surface area contributed by atoms with Crippen LogP contribution >= 0.6 is 0 Å². The summed E-state index contributed by atoms with van der Waals surface area (Å²) in [7, 11) is 0. The standard InChI is InChI=1S/C22H28N4O2/c1-5-27-20-10-8-17(22(26-20)28-6-2)16-7-9-19-18(13-16)21(25-14-24-19)23-12-11-15(3)4/h7-10,13-15H,5-6,11-12H2,1-4H3,(H,23,24,25). The van der Waals surface area contributed by atoms with Crippen LogP contribution in [0.3, 0.4) is 0 Å². The number of hydrogen-bond donors (Lipinski definition) is 1. The quantitative estimate of drug-likeness (QED) is 0.567. The van der Waals surface area contributed by atoms with Crippen LogP contribution in [0.4, 0.5) is 5.82 Å². The molecule has 0 aliphatic rings. The van der Waals surface area contributed by atoms with E-state index in [-0.39, 0.29) is 0 Å². The minimum Gasteiger partial charge on any atom is -0.478 e. The molecule has 2 aromatic heterocycles. The fraction of sp³-hybridized carbons (Fsp3) is 0.409. The molecule has 0 atom stereocenters. The summed E-state index contributed by atoms with van der Waals surface area (Å²) in [6, 6.07) is 9.99.